The van der Waals surface area contributed by atoms with Crippen LogP contribution in [0.2, 0.25) is 0 Å². The van der Waals surface area contributed by atoms with Gasteiger partial charge in [-0.25, -0.2) is 0 Å². The van der Waals surface area contributed by atoms with Crippen LogP contribution in [-0.4, -0.2) is 0 Å². The fourth-order valence-corrected chi connectivity index (χ4v) is 8.44. The summed E-state index contributed by atoms with van der Waals surface area (Å²) in [6, 6.07) is 60.3. The maximum Gasteiger partial charge on any atom is 0.143 e. The Morgan fingerprint density at radius 2 is 1.22 bits per heavy atom. The van der Waals surface area contributed by atoms with Crippen molar-refractivity contribution < 1.29 is 8.83 Å². The van der Waals surface area contributed by atoms with E-state index in [1.165, 1.54) is 21.7 Å². The first-order valence-electron chi connectivity index (χ1n) is 20.1. The molecule has 0 radical (unpaired) electrons. The topological polar surface area (TPSA) is 29.5 Å². The quantitative estimate of drug-likeness (QED) is 0.137. The van der Waals surface area contributed by atoms with Crippen LogP contribution in [0.1, 0.15) is 30.5 Å². The molecule has 3 heteroatoms. The van der Waals surface area contributed by atoms with E-state index in [2.05, 4.69) is 207 Å². The molecule has 0 fully saturated rings. The lowest BCUT2D eigenvalue weighted by molar-refractivity contribution is 0.615. The zero-order chi connectivity index (χ0) is 39.7. The van der Waals surface area contributed by atoms with Crippen molar-refractivity contribution in [3.05, 3.63) is 223 Å². The molecule has 0 spiro atoms. The van der Waals surface area contributed by atoms with Crippen molar-refractivity contribution in [1.82, 2.24) is 0 Å². The molecule has 0 aliphatic carbocycles. The summed E-state index contributed by atoms with van der Waals surface area (Å²) in [6.07, 6.45) is 14.5. The summed E-state index contributed by atoms with van der Waals surface area (Å²) in [5.74, 6) is 0. The highest BCUT2D eigenvalue weighted by molar-refractivity contribution is 6.16. The second-order valence-corrected chi connectivity index (χ2v) is 14.9. The van der Waals surface area contributed by atoms with Gasteiger partial charge in [0.25, 0.3) is 0 Å². The summed E-state index contributed by atoms with van der Waals surface area (Å²) in [6.45, 7) is 4.30. The van der Waals surface area contributed by atoms with Gasteiger partial charge in [-0.05, 0) is 83.1 Å². The molecule has 0 aliphatic rings. The molecule has 2 aromatic heterocycles. The molecule has 282 valence electrons. The van der Waals surface area contributed by atoms with E-state index < -0.39 is 0 Å². The number of hydrogen-bond acceptors (Lipinski definition) is 3. The third kappa shape index (κ3) is 6.63. The zero-order valence-corrected chi connectivity index (χ0v) is 33.0. The second-order valence-electron chi connectivity index (χ2n) is 14.9. The van der Waals surface area contributed by atoms with E-state index in [4.69, 9.17) is 8.83 Å². The average Bonchev–Trinajstić information content (AvgIpc) is 3.89. The van der Waals surface area contributed by atoms with E-state index in [-0.39, 0.29) is 0 Å². The molecule has 0 atom stereocenters. The molecule has 8 aromatic carbocycles. The Kier molecular flexibility index (Phi) is 9.32. The predicted molar refractivity (Wildman–Crippen MR) is 251 cm³/mol. The molecular weight excluding hydrogens is 719 g/mol. The fraction of sp³-hybridized carbons (Fsp3) is 0.0357. The minimum absolute atomic E-state index is 0.882. The van der Waals surface area contributed by atoms with Crippen molar-refractivity contribution in [2.75, 3.05) is 4.90 Å². The summed E-state index contributed by atoms with van der Waals surface area (Å²) >= 11 is 0. The zero-order valence-electron chi connectivity index (χ0n) is 33.0. The van der Waals surface area contributed by atoms with Crippen molar-refractivity contribution in [1.29, 1.82) is 0 Å². The van der Waals surface area contributed by atoms with E-state index in [1.54, 1.807) is 0 Å². The molecule has 3 nitrogen and oxygen atoms in total. The minimum atomic E-state index is 0.882. The third-order valence-electron chi connectivity index (χ3n) is 11.3. The molecule has 0 bridgehead atoms. The highest BCUT2D eigenvalue weighted by Gasteiger charge is 2.21. The van der Waals surface area contributed by atoms with E-state index in [0.29, 0.717) is 0 Å². The van der Waals surface area contributed by atoms with E-state index in [1.807, 2.05) is 24.5 Å². The first kappa shape index (κ1) is 35.8. The van der Waals surface area contributed by atoms with Gasteiger partial charge in [0.1, 0.15) is 16.7 Å². The summed E-state index contributed by atoms with van der Waals surface area (Å²) in [7, 11) is 0. The molecule has 59 heavy (non-hydrogen) atoms. The smallest absolute Gasteiger partial charge is 0.143 e. The van der Waals surface area contributed by atoms with Gasteiger partial charge in [0.2, 0.25) is 0 Å². The van der Waals surface area contributed by atoms with Crippen LogP contribution < -0.4 is 4.90 Å². The molecule has 0 amide bonds. The van der Waals surface area contributed by atoms with E-state index in [0.717, 1.165) is 83.2 Å². The number of nitrogens with zero attached hydrogens (tertiary/aromatic N) is 1. The Bertz CT molecular complexity index is 3290. The van der Waals surface area contributed by atoms with Gasteiger partial charge in [-0.1, -0.05) is 170 Å². The van der Waals surface area contributed by atoms with Crippen LogP contribution in [0.4, 0.5) is 11.4 Å². The Hall–Kier alpha value is -7.62. The Morgan fingerprint density at radius 3 is 2.07 bits per heavy atom. The lowest BCUT2D eigenvalue weighted by Crippen LogP contribution is -2.16. The standard InChI is InChI=1S/C56H41NO2/c1-3-15-46(51-27-14-28-52-53-35-32-41-18-7-9-25-50(41)55(53)59-56(51)52)38(2)57(45-22-12-21-42(36-45)48-26-13-20-40-17-6-8-23-47(40)48)44-33-30-39(31-34-44)16-4-5-19-43-37-58-54-29-11-10-24-49(43)54/h3-37H,1-2H3/b15-3-,16-4+,19-5-,46-38-. The van der Waals surface area contributed by atoms with Gasteiger partial charge in [-0.15, -0.1) is 0 Å². The maximum atomic E-state index is 6.89. The van der Waals surface area contributed by atoms with Gasteiger partial charge in [0.15, 0.2) is 0 Å². The Morgan fingerprint density at radius 1 is 0.542 bits per heavy atom. The first-order chi connectivity index (χ1) is 29.1. The van der Waals surface area contributed by atoms with Gasteiger partial charge >= 0.3 is 0 Å². The lowest BCUT2D eigenvalue weighted by atomic mass is 9.97. The molecule has 0 N–H and O–H groups in total. The summed E-state index contributed by atoms with van der Waals surface area (Å²) in [4.78, 5) is 2.37. The number of para-hydroxylation sites is 2. The molecule has 0 saturated heterocycles. The number of fused-ring (bicyclic) bond motifs is 7. The van der Waals surface area contributed by atoms with Crippen LogP contribution in [0, 0.1) is 0 Å². The Labute approximate surface area is 343 Å². The Balaban J connectivity index is 1.10. The van der Waals surface area contributed by atoms with Crippen molar-refractivity contribution >= 4 is 83.6 Å². The van der Waals surface area contributed by atoms with Crippen LogP contribution in [0.15, 0.2) is 215 Å². The molecule has 2 heterocycles. The van der Waals surface area contributed by atoms with Gasteiger partial charge in [-0.2, -0.15) is 0 Å². The number of hydrogen-bond donors (Lipinski definition) is 0. The average molecular weight is 760 g/mol. The monoisotopic (exact) mass is 759 g/mol. The molecular formula is C56H41NO2. The number of allylic oxidation sites excluding steroid dienone is 6. The number of anilines is 2. The predicted octanol–water partition coefficient (Wildman–Crippen LogP) is 16.2. The number of furan rings is 2. The van der Waals surface area contributed by atoms with E-state index >= 15 is 0 Å². The third-order valence-corrected chi connectivity index (χ3v) is 11.3. The van der Waals surface area contributed by atoms with Gasteiger partial charge in [0, 0.05) is 55.3 Å². The van der Waals surface area contributed by atoms with Crippen LogP contribution >= 0.6 is 0 Å². The van der Waals surface area contributed by atoms with Crippen LogP contribution in [0.5, 0.6) is 0 Å². The van der Waals surface area contributed by atoms with Crippen molar-refractivity contribution in [3.63, 3.8) is 0 Å². The molecule has 0 unspecified atom stereocenters. The van der Waals surface area contributed by atoms with Crippen LogP contribution in [0.25, 0.3) is 83.3 Å². The number of benzene rings is 8. The SMILES string of the molecule is C/C=C\C(=C(/C)N(c1ccc(/C=C/C=C\c2coc3ccccc23)cc1)c1cccc(-c2cccc3ccccc23)c1)c1cccc2c1oc1c3ccccc3ccc21. The van der Waals surface area contributed by atoms with Crippen LogP contribution in [0.3, 0.4) is 0 Å². The highest BCUT2D eigenvalue weighted by atomic mass is 16.3. The maximum absolute atomic E-state index is 6.89. The molecule has 10 rings (SSSR count). The van der Waals surface area contributed by atoms with Crippen molar-refractivity contribution in [3.8, 4) is 11.1 Å². The highest BCUT2D eigenvalue weighted by Crippen LogP contribution is 2.42. The lowest BCUT2D eigenvalue weighted by Gasteiger charge is -2.29. The summed E-state index contributed by atoms with van der Waals surface area (Å²) in [5.41, 5.74) is 12.6. The largest absolute Gasteiger partial charge is 0.464 e. The summed E-state index contributed by atoms with van der Waals surface area (Å²) in [5, 5.41) is 8.07. The van der Waals surface area contributed by atoms with Crippen LogP contribution in [-0.2, 0) is 0 Å². The van der Waals surface area contributed by atoms with Crippen molar-refractivity contribution in [2.24, 2.45) is 0 Å². The fourth-order valence-electron chi connectivity index (χ4n) is 8.44. The van der Waals surface area contributed by atoms with Crippen molar-refractivity contribution in [2.45, 2.75) is 13.8 Å². The first-order valence-corrected chi connectivity index (χ1v) is 20.1. The van der Waals surface area contributed by atoms with Gasteiger partial charge < -0.3 is 13.7 Å². The van der Waals surface area contributed by atoms with E-state index in [9.17, 15) is 0 Å². The van der Waals surface area contributed by atoms with Gasteiger partial charge in [-0.3, -0.25) is 0 Å². The van der Waals surface area contributed by atoms with Gasteiger partial charge in [0.05, 0.1) is 6.26 Å². The summed E-state index contributed by atoms with van der Waals surface area (Å²) < 4.78 is 12.6. The molecule has 10 aromatic rings. The minimum Gasteiger partial charge on any atom is -0.464 e. The number of rotatable bonds is 9. The normalized spacial score (nSPS) is 12.6. The molecule has 0 saturated carbocycles. The second kappa shape index (κ2) is 15.4. The molecule has 0 aliphatic heterocycles.